The summed E-state index contributed by atoms with van der Waals surface area (Å²) in [5.74, 6) is -0.515. The van der Waals surface area contributed by atoms with Gasteiger partial charge >= 0.3 is 6.18 Å². The van der Waals surface area contributed by atoms with Crippen molar-refractivity contribution in [3.63, 3.8) is 0 Å². The number of halogens is 3. The zero-order valence-corrected chi connectivity index (χ0v) is 11.7. The highest BCUT2D eigenvalue weighted by Crippen LogP contribution is 2.35. The zero-order valence-electron chi connectivity index (χ0n) is 11.7. The molecule has 0 aliphatic rings. The van der Waals surface area contributed by atoms with E-state index in [1.165, 1.54) is 6.07 Å². The Hall–Kier alpha value is -2.07. The van der Waals surface area contributed by atoms with Crippen molar-refractivity contribution in [1.82, 2.24) is 5.32 Å². The van der Waals surface area contributed by atoms with Crippen LogP contribution in [0.5, 0.6) is 0 Å². The zero-order chi connectivity index (χ0) is 16.0. The second-order valence-electron chi connectivity index (χ2n) is 4.58. The standard InChI is InChI=1S/C14H16F3N3O/c1-3-19-9(2)6-13(21)20-12-5-4-10(8-18)7-11(12)14(15,16)17/h4-5,7,9,19H,3,6H2,1-2H3,(H,20,21). The molecule has 7 heteroatoms. The number of nitrogens with zero attached hydrogens (tertiary/aromatic N) is 1. The first kappa shape index (κ1) is 17.0. The van der Waals surface area contributed by atoms with E-state index in [1.807, 2.05) is 6.92 Å². The van der Waals surface area contributed by atoms with Crippen molar-refractivity contribution in [3.8, 4) is 6.07 Å². The van der Waals surface area contributed by atoms with Crippen molar-refractivity contribution in [1.29, 1.82) is 5.26 Å². The Morgan fingerprint density at radius 2 is 2.10 bits per heavy atom. The third-order valence-corrected chi connectivity index (χ3v) is 2.77. The van der Waals surface area contributed by atoms with E-state index in [-0.39, 0.29) is 23.7 Å². The smallest absolute Gasteiger partial charge is 0.325 e. The average Bonchev–Trinajstić information content (AvgIpc) is 2.37. The molecule has 0 aromatic heterocycles. The van der Waals surface area contributed by atoms with Gasteiger partial charge in [-0.25, -0.2) is 0 Å². The maximum Gasteiger partial charge on any atom is 0.418 e. The largest absolute Gasteiger partial charge is 0.418 e. The topological polar surface area (TPSA) is 64.9 Å². The molecule has 4 nitrogen and oxygen atoms in total. The maximum absolute atomic E-state index is 12.9. The highest BCUT2D eigenvalue weighted by atomic mass is 19.4. The molecule has 1 atom stereocenters. The first-order valence-electron chi connectivity index (χ1n) is 6.42. The van der Waals surface area contributed by atoms with Gasteiger partial charge in [-0.1, -0.05) is 6.92 Å². The van der Waals surface area contributed by atoms with Crippen LogP contribution in [0, 0.1) is 11.3 Å². The summed E-state index contributed by atoms with van der Waals surface area (Å²) in [4.78, 5) is 11.7. The molecular weight excluding hydrogens is 283 g/mol. The molecule has 0 radical (unpaired) electrons. The number of carbonyl (C=O) groups excluding carboxylic acids is 1. The summed E-state index contributed by atoms with van der Waals surface area (Å²) in [6.45, 7) is 4.31. The van der Waals surface area contributed by atoms with Crippen LogP contribution < -0.4 is 10.6 Å². The predicted molar refractivity (Wildman–Crippen MR) is 72.5 cm³/mol. The molecular formula is C14H16F3N3O. The summed E-state index contributed by atoms with van der Waals surface area (Å²) in [5.41, 5.74) is -1.47. The predicted octanol–water partition coefficient (Wildman–Crippen LogP) is 2.90. The summed E-state index contributed by atoms with van der Waals surface area (Å²) < 4.78 is 38.8. The molecule has 0 saturated carbocycles. The summed E-state index contributed by atoms with van der Waals surface area (Å²) in [5, 5.41) is 13.9. The van der Waals surface area contributed by atoms with Crippen LogP contribution in [0.3, 0.4) is 0 Å². The minimum atomic E-state index is -4.64. The second-order valence-corrected chi connectivity index (χ2v) is 4.58. The normalized spacial score (nSPS) is 12.6. The molecule has 2 N–H and O–H groups in total. The van der Waals surface area contributed by atoms with Gasteiger partial charge in [0.05, 0.1) is 22.9 Å². The van der Waals surface area contributed by atoms with Crippen molar-refractivity contribution < 1.29 is 18.0 Å². The summed E-state index contributed by atoms with van der Waals surface area (Å²) in [6.07, 6.45) is -4.58. The van der Waals surface area contributed by atoms with Crippen LogP contribution in [0.25, 0.3) is 0 Å². The van der Waals surface area contributed by atoms with E-state index in [0.29, 0.717) is 6.54 Å². The van der Waals surface area contributed by atoms with Crippen LogP contribution >= 0.6 is 0 Å². The van der Waals surface area contributed by atoms with Crippen LogP contribution in [0.15, 0.2) is 18.2 Å². The first-order chi connectivity index (χ1) is 9.77. The van der Waals surface area contributed by atoms with Gasteiger partial charge < -0.3 is 10.6 Å². The number of amides is 1. The number of carbonyl (C=O) groups is 1. The molecule has 0 fully saturated rings. The Kier molecular flexibility index (Phi) is 5.73. The quantitative estimate of drug-likeness (QED) is 0.878. The third-order valence-electron chi connectivity index (χ3n) is 2.77. The highest BCUT2D eigenvalue weighted by molar-refractivity contribution is 5.92. The summed E-state index contributed by atoms with van der Waals surface area (Å²) in [6, 6.07) is 4.56. The van der Waals surface area contributed by atoms with Gasteiger partial charge in [-0.3, -0.25) is 4.79 Å². The maximum atomic E-state index is 12.9. The van der Waals surface area contributed by atoms with Gasteiger partial charge in [0, 0.05) is 12.5 Å². The lowest BCUT2D eigenvalue weighted by molar-refractivity contribution is -0.137. The van der Waals surface area contributed by atoms with Crippen LogP contribution in [0.4, 0.5) is 18.9 Å². The van der Waals surface area contributed by atoms with Crippen LogP contribution in [-0.4, -0.2) is 18.5 Å². The summed E-state index contributed by atoms with van der Waals surface area (Å²) in [7, 11) is 0. The van der Waals surface area contributed by atoms with Crippen molar-refractivity contribution >= 4 is 11.6 Å². The SMILES string of the molecule is CCNC(C)CC(=O)Nc1ccc(C#N)cc1C(F)(F)F. The highest BCUT2D eigenvalue weighted by Gasteiger charge is 2.34. The fourth-order valence-electron chi connectivity index (χ4n) is 1.86. The molecule has 114 valence electrons. The Bertz CT molecular complexity index is 549. The van der Waals surface area contributed by atoms with E-state index in [9.17, 15) is 18.0 Å². The molecule has 0 heterocycles. The van der Waals surface area contributed by atoms with E-state index in [0.717, 1.165) is 12.1 Å². The molecule has 0 bridgehead atoms. The van der Waals surface area contributed by atoms with Gasteiger partial charge in [0.2, 0.25) is 5.91 Å². The molecule has 0 spiro atoms. The lowest BCUT2D eigenvalue weighted by Gasteiger charge is -2.16. The fraction of sp³-hybridized carbons (Fsp3) is 0.429. The van der Waals surface area contributed by atoms with Gasteiger partial charge in [-0.2, -0.15) is 18.4 Å². The molecule has 0 saturated heterocycles. The molecule has 1 aromatic carbocycles. The van der Waals surface area contributed by atoms with Gasteiger partial charge in [-0.05, 0) is 31.7 Å². The number of nitriles is 1. The second kappa shape index (κ2) is 7.09. The van der Waals surface area contributed by atoms with E-state index in [1.54, 1.807) is 13.0 Å². The number of hydrogen-bond acceptors (Lipinski definition) is 3. The lowest BCUT2D eigenvalue weighted by atomic mass is 10.1. The molecule has 1 aromatic rings. The number of hydrogen-bond donors (Lipinski definition) is 2. The Morgan fingerprint density at radius 1 is 1.43 bits per heavy atom. The number of nitrogens with one attached hydrogen (secondary N) is 2. The van der Waals surface area contributed by atoms with E-state index < -0.39 is 17.6 Å². The van der Waals surface area contributed by atoms with Crippen LogP contribution in [0.1, 0.15) is 31.4 Å². The number of alkyl halides is 3. The van der Waals surface area contributed by atoms with Crippen LogP contribution in [0.2, 0.25) is 0 Å². The van der Waals surface area contributed by atoms with Crippen molar-refractivity contribution in [2.24, 2.45) is 0 Å². The van der Waals surface area contributed by atoms with Crippen molar-refractivity contribution in [3.05, 3.63) is 29.3 Å². The Labute approximate surface area is 121 Å². The monoisotopic (exact) mass is 299 g/mol. The van der Waals surface area contributed by atoms with Gasteiger partial charge in [0.15, 0.2) is 0 Å². The van der Waals surface area contributed by atoms with E-state index in [4.69, 9.17) is 5.26 Å². The molecule has 1 unspecified atom stereocenters. The van der Waals surface area contributed by atoms with Gasteiger partial charge in [-0.15, -0.1) is 0 Å². The van der Waals surface area contributed by atoms with Crippen molar-refractivity contribution in [2.75, 3.05) is 11.9 Å². The lowest BCUT2D eigenvalue weighted by Crippen LogP contribution is -2.30. The third kappa shape index (κ3) is 5.08. The number of benzene rings is 1. The first-order valence-corrected chi connectivity index (χ1v) is 6.42. The molecule has 0 aliphatic heterocycles. The molecule has 1 amide bonds. The van der Waals surface area contributed by atoms with Gasteiger partial charge in [0.25, 0.3) is 0 Å². The van der Waals surface area contributed by atoms with Crippen molar-refractivity contribution in [2.45, 2.75) is 32.5 Å². The van der Waals surface area contributed by atoms with E-state index >= 15 is 0 Å². The minimum absolute atomic E-state index is 0.0607. The Morgan fingerprint density at radius 3 is 2.62 bits per heavy atom. The number of anilines is 1. The number of rotatable bonds is 5. The minimum Gasteiger partial charge on any atom is -0.325 e. The van der Waals surface area contributed by atoms with Gasteiger partial charge in [0.1, 0.15) is 0 Å². The van der Waals surface area contributed by atoms with E-state index in [2.05, 4.69) is 10.6 Å². The Balaban J connectivity index is 2.93. The molecule has 1 rings (SSSR count). The molecule has 21 heavy (non-hydrogen) atoms. The summed E-state index contributed by atoms with van der Waals surface area (Å²) >= 11 is 0. The fourth-order valence-corrected chi connectivity index (χ4v) is 1.86. The average molecular weight is 299 g/mol. The van der Waals surface area contributed by atoms with Crippen LogP contribution in [-0.2, 0) is 11.0 Å². The molecule has 0 aliphatic carbocycles.